The second-order valence-corrected chi connectivity index (χ2v) is 14.9. The Balaban J connectivity index is 1.07. The molecule has 1 aliphatic rings. The second-order valence-electron chi connectivity index (χ2n) is 14.9. The zero-order valence-corrected chi connectivity index (χ0v) is 29.6. The van der Waals surface area contributed by atoms with Gasteiger partial charge in [0, 0.05) is 32.6 Å². The van der Waals surface area contributed by atoms with E-state index in [4.69, 9.17) is 4.42 Å². The molecule has 0 unspecified atom stereocenters. The maximum atomic E-state index is 6.33. The summed E-state index contributed by atoms with van der Waals surface area (Å²) in [5, 5.41) is 4.92. The highest BCUT2D eigenvalue weighted by Gasteiger charge is 2.38. The van der Waals surface area contributed by atoms with Crippen molar-refractivity contribution < 1.29 is 4.42 Å². The van der Waals surface area contributed by atoms with Crippen molar-refractivity contribution in [2.75, 3.05) is 0 Å². The molecule has 250 valence electrons. The molecule has 53 heavy (non-hydrogen) atoms. The van der Waals surface area contributed by atoms with E-state index in [9.17, 15) is 0 Å². The number of fused-ring (bicyclic) bond motifs is 10. The van der Waals surface area contributed by atoms with Gasteiger partial charge in [-0.15, -0.1) is 0 Å². The number of hydrogen-bond donors (Lipinski definition) is 0. The molecule has 10 aromatic rings. The third-order valence-corrected chi connectivity index (χ3v) is 11.6. The van der Waals surface area contributed by atoms with Gasteiger partial charge in [0.25, 0.3) is 0 Å². The van der Waals surface area contributed by atoms with Gasteiger partial charge in [-0.2, -0.15) is 0 Å². The van der Waals surface area contributed by atoms with Gasteiger partial charge in [-0.25, -0.2) is 0 Å². The van der Waals surface area contributed by atoms with E-state index in [1.807, 2.05) is 0 Å². The van der Waals surface area contributed by atoms with Crippen molar-refractivity contribution >= 4 is 43.7 Å². The standard InChI is InChI=1S/C51H35NO/c1-51(2)44-25-21-36(29-41(44)39-24-28-48-49(50(39)51)40-15-9-10-16-47(40)53-48)37-23-27-46-43(31-37)42-30-35(22-26-45(42)52(46)38-13-7-4-8-14-38)34-19-17-33(18-20-34)32-11-5-3-6-12-32/h3-31H,1-2H3. The molecule has 0 bridgehead atoms. The minimum Gasteiger partial charge on any atom is -0.456 e. The summed E-state index contributed by atoms with van der Waals surface area (Å²) in [5.41, 5.74) is 18.0. The summed E-state index contributed by atoms with van der Waals surface area (Å²) in [6, 6.07) is 64.1. The second kappa shape index (κ2) is 11.2. The highest BCUT2D eigenvalue weighted by Crippen LogP contribution is 2.54. The first-order chi connectivity index (χ1) is 26.0. The lowest BCUT2D eigenvalue weighted by molar-refractivity contribution is 0.657. The van der Waals surface area contributed by atoms with Crippen LogP contribution in [0.3, 0.4) is 0 Å². The molecule has 8 aromatic carbocycles. The van der Waals surface area contributed by atoms with E-state index in [0.29, 0.717) is 0 Å². The fourth-order valence-corrected chi connectivity index (χ4v) is 9.04. The van der Waals surface area contributed by atoms with Crippen LogP contribution < -0.4 is 0 Å². The Morgan fingerprint density at radius 3 is 1.68 bits per heavy atom. The summed E-state index contributed by atoms with van der Waals surface area (Å²) >= 11 is 0. The van der Waals surface area contributed by atoms with Crippen LogP contribution in [0.2, 0.25) is 0 Å². The Labute approximate surface area is 308 Å². The molecule has 0 spiro atoms. The zero-order chi connectivity index (χ0) is 35.3. The summed E-state index contributed by atoms with van der Waals surface area (Å²) in [6.07, 6.45) is 0. The van der Waals surface area contributed by atoms with Crippen LogP contribution in [0.15, 0.2) is 180 Å². The molecule has 0 radical (unpaired) electrons. The third kappa shape index (κ3) is 4.45. The molecule has 2 heterocycles. The van der Waals surface area contributed by atoms with Gasteiger partial charge < -0.3 is 8.98 Å². The van der Waals surface area contributed by atoms with E-state index in [-0.39, 0.29) is 5.41 Å². The molecule has 0 amide bonds. The zero-order valence-electron chi connectivity index (χ0n) is 29.6. The van der Waals surface area contributed by atoms with Gasteiger partial charge in [0.15, 0.2) is 0 Å². The van der Waals surface area contributed by atoms with Crippen LogP contribution in [-0.2, 0) is 5.41 Å². The number of benzene rings is 8. The van der Waals surface area contributed by atoms with Crippen molar-refractivity contribution in [1.29, 1.82) is 0 Å². The van der Waals surface area contributed by atoms with E-state index in [1.54, 1.807) is 0 Å². The molecule has 0 saturated heterocycles. The molecule has 0 saturated carbocycles. The molecular weight excluding hydrogens is 643 g/mol. The molecule has 1 aliphatic carbocycles. The van der Waals surface area contributed by atoms with E-state index in [1.165, 1.54) is 88.2 Å². The van der Waals surface area contributed by atoms with Crippen LogP contribution in [-0.4, -0.2) is 4.57 Å². The molecule has 11 rings (SSSR count). The average Bonchev–Trinajstić information content (AvgIpc) is 3.83. The van der Waals surface area contributed by atoms with E-state index in [2.05, 4.69) is 194 Å². The van der Waals surface area contributed by atoms with Crippen molar-refractivity contribution in [2.45, 2.75) is 19.3 Å². The maximum absolute atomic E-state index is 6.33. The Morgan fingerprint density at radius 2 is 0.962 bits per heavy atom. The molecule has 0 N–H and O–H groups in total. The number of furan rings is 1. The normalized spacial score (nSPS) is 13.2. The first-order valence-electron chi connectivity index (χ1n) is 18.4. The van der Waals surface area contributed by atoms with Gasteiger partial charge in [-0.1, -0.05) is 135 Å². The average molecular weight is 678 g/mol. The van der Waals surface area contributed by atoms with Crippen LogP contribution in [0.5, 0.6) is 0 Å². The summed E-state index contributed by atoms with van der Waals surface area (Å²) in [7, 11) is 0. The number of para-hydroxylation sites is 2. The lowest BCUT2D eigenvalue weighted by atomic mass is 9.80. The molecule has 2 aromatic heterocycles. The molecule has 2 heteroatoms. The summed E-state index contributed by atoms with van der Waals surface area (Å²) < 4.78 is 8.73. The lowest BCUT2D eigenvalue weighted by Gasteiger charge is -2.22. The number of hydrogen-bond acceptors (Lipinski definition) is 1. The summed E-state index contributed by atoms with van der Waals surface area (Å²) in [6.45, 7) is 4.71. The monoisotopic (exact) mass is 677 g/mol. The fraction of sp³-hybridized carbons (Fsp3) is 0.0588. The largest absolute Gasteiger partial charge is 0.456 e. The smallest absolute Gasteiger partial charge is 0.135 e. The van der Waals surface area contributed by atoms with E-state index < -0.39 is 0 Å². The SMILES string of the molecule is CC1(C)c2ccc(-c3ccc4c(c3)c3cc(-c5ccc(-c6ccccc6)cc5)ccc3n4-c3ccccc3)cc2-c2ccc3oc4ccccc4c3c21. The van der Waals surface area contributed by atoms with Crippen molar-refractivity contribution in [1.82, 2.24) is 4.57 Å². The van der Waals surface area contributed by atoms with Crippen molar-refractivity contribution in [2.24, 2.45) is 0 Å². The van der Waals surface area contributed by atoms with Crippen LogP contribution in [0.1, 0.15) is 25.0 Å². The Morgan fingerprint density at radius 1 is 0.415 bits per heavy atom. The molecular formula is C51H35NO. The van der Waals surface area contributed by atoms with Crippen molar-refractivity contribution in [3.05, 3.63) is 187 Å². The van der Waals surface area contributed by atoms with Gasteiger partial charge >= 0.3 is 0 Å². The van der Waals surface area contributed by atoms with Crippen molar-refractivity contribution in [3.63, 3.8) is 0 Å². The van der Waals surface area contributed by atoms with Crippen LogP contribution >= 0.6 is 0 Å². The summed E-state index contributed by atoms with van der Waals surface area (Å²) in [5.74, 6) is 0. The first kappa shape index (κ1) is 30.0. The first-order valence-corrected chi connectivity index (χ1v) is 18.4. The van der Waals surface area contributed by atoms with Gasteiger partial charge in [0.2, 0.25) is 0 Å². The number of rotatable bonds is 4. The lowest BCUT2D eigenvalue weighted by Crippen LogP contribution is -2.15. The predicted molar refractivity (Wildman–Crippen MR) is 222 cm³/mol. The topological polar surface area (TPSA) is 18.1 Å². The van der Waals surface area contributed by atoms with E-state index >= 15 is 0 Å². The van der Waals surface area contributed by atoms with Crippen LogP contribution in [0.4, 0.5) is 0 Å². The maximum Gasteiger partial charge on any atom is 0.135 e. The Kier molecular flexibility index (Phi) is 6.33. The minimum atomic E-state index is -0.155. The van der Waals surface area contributed by atoms with Crippen LogP contribution in [0, 0.1) is 0 Å². The molecule has 2 nitrogen and oxygen atoms in total. The van der Waals surface area contributed by atoms with Crippen molar-refractivity contribution in [3.8, 4) is 50.2 Å². The highest BCUT2D eigenvalue weighted by molar-refractivity contribution is 6.13. The predicted octanol–water partition coefficient (Wildman–Crippen LogP) is 14.0. The van der Waals surface area contributed by atoms with Gasteiger partial charge in [-0.05, 0) is 110 Å². The molecule has 0 aliphatic heterocycles. The molecule has 0 fully saturated rings. The highest BCUT2D eigenvalue weighted by atomic mass is 16.3. The Bertz CT molecular complexity index is 3050. The van der Waals surface area contributed by atoms with Gasteiger partial charge in [0.05, 0.1) is 11.0 Å². The van der Waals surface area contributed by atoms with E-state index in [0.717, 1.165) is 16.9 Å². The fourth-order valence-electron chi connectivity index (χ4n) is 9.04. The van der Waals surface area contributed by atoms with Crippen LogP contribution in [0.25, 0.3) is 93.9 Å². The Hall–Kier alpha value is -6.64. The molecule has 0 atom stereocenters. The quantitative estimate of drug-likeness (QED) is 0.181. The number of aromatic nitrogens is 1. The third-order valence-electron chi connectivity index (χ3n) is 11.6. The van der Waals surface area contributed by atoms with Gasteiger partial charge in [0.1, 0.15) is 11.2 Å². The van der Waals surface area contributed by atoms with Gasteiger partial charge in [-0.3, -0.25) is 0 Å². The summed E-state index contributed by atoms with van der Waals surface area (Å²) in [4.78, 5) is 0. The number of nitrogens with zero attached hydrogens (tertiary/aromatic N) is 1. The minimum absolute atomic E-state index is 0.155.